The van der Waals surface area contributed by atoms with Crippen molar-refractivity contribution in [1.29, 1.82) is 0 Å². The summed E-state index contributed by atoms with van der Waals surface area (Å²) >= 11 is 3.24. The van der Waals surface area contributed by atoms with Gasteiger partial charge in [-0.05, 0) is 13.3 Å². The van der Waals surface area contributed by atoms with E-state index in [0.717, 1.165) is 22.3 Å². The Kier molecular flexibility index (Phi) is 4.17. The molecule has 2 rings (SSSR count). The van der Waals surface area contributed by atoms with Gasteiger partial charge in [0.1, 0.15) is 15.9 Å². The number of carbonyl (C=O) groups is 1. The minimum absolute atomic E-state index is 0.276. The molecule has 6 heteroatoms. The molecule has 0 fully saturated rings. The van der Waals surface area contributed by atoms with Gasteiger partial charge < -0.3 is 5.73 Å². The Morgan fingerprint density at radius 2 is 2.22 bits per heavy atom. The average Bonchev–Trinajstić information content (AvgIpc) is 2.60. The number of rotatable bonds is 4. The molecule has 4 nitrogen and oxygen atoms in total. The number of nitrogens with zero attached hydrogens (tertiary/aromatic N) is 2. The summed E-state index contributed by atoms with van der Waals surface area (Å²) in [6, 6.07) is 0. The van der Waals surface area contributed by atoms with Crippen molar-refractivity contribution in [3.63, 3.8) is 0 Å². The fraction of sp³-hybridized carbons (Fsp3) is 0.583. The molecule has 0 aromatic carbocycles. The summed E-state index contributed by atoms with van der Waals surface area (Å²) in [4.78, 5) is 19.9. The van der Waals surface area contributed by atoms with E-state index in [-0.39, 0.29) is 11.7 Å². The number of hydrogen-bond acceptors (Lipinski definition) is 5. The minimum atomic E-state index is -0.309. The van der Waals surface area contributed by atoms with E-state index < -0.39 is 0 Å². The highest BCUT2D eigenvalue weighted by Crippen LogP contribution is 2.48. The summed E-state index contributed by atoms with van der Waals surface area (Å²) < 4.78 is 0. The number of fused-ring (bicyclic) bond motifs is 1. The molecule has 1 aliphatic rings. The van der Waals surface area contributed by atoms with Gasteiger partial charge in [0.15, 0.2) is 0 Å². The first-order valence-electron chi connectivity index (χ1n) is 5.99. The molecule has 1 amide bonds. The van der Waals surface area contributed by atoms with Crippen LogP contribution in [0.2, 0.25) is 0 Å². The van der Waals surface area contributed by atoms with Crippen molar-refractivity contribution in [2.45, 2.75) is 48.4 Å². The first-order chi connectivity index (χ1) is 8.52. The SMILES string of the molecule is CCC1c2c(SCC(N)=O)nc(C)nc2SC1C. The maximum atomic E-state index is 10.9. The van der Waals surface area contributed by atoms with Crippen molar-refractivity contribution in [3.05, 3.63) is 11.4 Å². The Balaban J connectivity index is 2.38. The van der Waals surface area contributed by atoms with Crippen LogP contribution >= 0.6 is 23.5 Å². The van der Waals surface area contributed by atoms with Crippen LogP contribution in [-0.2, 0) is 4.79 Å². The third-order valence-electron chi connectivity index (χ3n) is 3.01. The molecule has 0 radical (unpaired) electrons. The average molecular weight is 283 g/mol. The number of carbonyl (C=O) groups excluding carboxylic acids is 1. The first-order valence-corrected chi connectivity index (χ1v) is 7.85. The van der Waals surface area contributed by atoms with Crippen LogP contribution < -0.4 is 5.73 Å². The molecule has 0 bridgehead atoms. The smallest absolute Gasteiger partial charge is 0.227 e. The number of aromatic nitrogens is 2. The highest BCUT2D eigenvalue weighted by atomic mass is 32.2. The Bertz CT molecular complexity index is 479. The van der Waals surface area contributed by atoms with Gasteiger partial charge in [0.05, 0.1) is 5.75 Å². The lowest BCUT2D eigenvalue weighted by atomic mass is 9.96. The predicted molar refractivity (Wildman–Crippen MR) is 75.0 cm³/mol. The number of amides is 1. The molecule has 0 saturated heterocycles. The van der Waals surface area contributed by atoms with Crippen LogP contribution in [0, 0.1) is 6.92 Å². The summed E-state index contributed by atoms with van der Waals surface area (Å²) in [6.45, 7) is 6.29. The largest absolute Gasteiger partial charge is 0.369 e. The second-order valence-corrected chi connectivity index (χ2v) is 6.72. The first kappa shape index (κ1) is 13.7. The molecule has 2 unspecified atom stereocenters. The van der Waals surface area contributed by atoms with E-state index in [4.69, 9.17) is 5.73 Å². The fourth-order valence-corrected chi connectivity index (χ4v) is 4.56. The molecule has 0 saturated carbocycles. The lowest BCUT2D eigenvalue weighted by Crippen LogP contribution is -2.14. The summed E-state index contributed by atoms with van der Waals surface area (Å²) in [5, 5.41) is 2.53. The second kappa shape index (κ2) is 5.48. The number of primary amides is 1. The maximum Gasteiger partial charge on any atom is 0.227 e. The highest BCUT2D eigenvalue weighted by Gasteiger charge is 2.33. The molecular formula is C12H17N3OS2. The quantitative estimate of drug-likeness (QED) is 0.678. The monoisotopic (exact) mass is 283 g/mol. The Morgan fingerprint density at radius 1 is 1.50 bits per heavy atom. The molecule has 1 aromatic heterocycles. The van der Waals surface area contributed by atoms with Crippen LogP contribution in [-0.4, -0.2) is 26.9 Å². The van der Waals surface area contributed by atoms with Gasteiger partial charge in [-0.1, -0.05) is 25.6 Å². The van der Waals surface area contributed by atoms with Crippen LogP contribution in [0.5, 0.6) is 0 Å². The number of aryl methyl sites for hydroxylation is 1. The molecule has 1 aliphatic heterocycles. The molecule has 0 spiro atoms. The third-order valence-corrected chi connectivity index (χ3v) is 5.26. The predicted octanol–water partition coefficient (Wildman–Crippen LogP) is 2.35. The van der Waals surface area contributed by atoms with Gasteiger partial charge in [-0.3, -0.25) is 4.79 Å². The van der Waals surface area contributed by atoms with Crippen LogP contribution in [0.4, 0.5) is 0 Å². The van der Waals surface area contributed by atoms with E-state index in [2.05, 4.69) is 23.8 Å². The van der Waals surface area contributed by atoms with Crippen molar-refractivity contribution >= 4 is 29.4 Å². The van der Waals surface area contributed by atoms with Gasteiger partial charge in [-0.15, -0.1) is 11.8 Å². The molecule has 0 aliphatic carbocycles. The lowest BCUT2D eigenvalue weighted by molar-refractivity contribution is -0.115. The zero-order valence-electron chi connectivity index (χ0n) is 10.8. The molecule has 2 heterocycles. The van der Waals surface area contributed by atoms with Crippen LogP contribution in [0.3, 0.4) is 0 Å². The standard InChI is InChI=1S/C12H17N3OS2/c1-4-8-6(2)18-12-10(8)11(14-7(3)15-12)17-5-9(13)16/h6,8H,4-5H2,1-3H3,(H2,13,16). The molecule has 18 heavy (non-hydrogen) atoms. The van der Waals surface area contributed by atoms with Gasteiger partial charge >= 0.3 is 0 Å². The zero-order chi connectivity index (χ0) is 13.3. The third kappa shape index (κ3) is 2.64. The number of hydrogen-bond donors (Lipinski definition) is 1. The summed E-state index contributed by atoms with van der Waals surface area (Å²) in [5.74, 6) is 1.20. The van der Waals surface area contributed by atoms with Crippen LogP contribution in [0.1, 0.15) is 37.6 Å². The van der Waals surface area contributed by atoms with E-state index in [0.29, 0.717) is 11.2 Å². The van der Waals surface area contributed by atoms with Gasteiger partial charge in [0, 0.05) is 16.7 Å². The minimum Gasteiger partial charge on any atom is -0.369 e. The fourth-order valence-electron chi connectivity index (χ4n) is 2.22. The molecule has 2 atom stereocenters. The van der Waals surface area contributed by atoms with E-state index in [1.807, 2.05) is 6.92 Å². The molecule has 1 aromatic rings. The topological polar surface area (TPSA) is 68.9 Å². The Morgan fingerprint density at radius 3 is 2.83 bits per heavy atom. The summed E-state index contributed by atoms with van der Waals surface area (Å²) in [6.07, 6.45) is 1.07. The number of nitrogens with two attached hydrogens (primary N) is 1. The normalized spacial score (nSPS) is 21.9. The van der Waals surface area contributed by atoms with E-state index in [9.17, 15) is 4.79 Å². The summed E-state index contributed by atoms with van der Waals surface area (Å²) in [7, 11) is 0. The van der Waals surface area contributed by atoms with Gasteiger partial charge in [-0.25, -0.2) is 9.97 Å². The summed E-state index contributed by atoms with van der Waals surface area (Å²) in [5.41, 5.74) is 6.42. The zero-order valence-corrected chi connectivity index (χ0v) is 12.4. The molecular weight excluding hydrogens is 266 g/mol. The Labute approximate surface area is 116 Å². The van der Waals surface area contributed by atoms with E-state index in [1.165, 1.54) is 17.3 Å². The van der Waals surface area contributed by atoms with E-state index in [1.54, 1.807) is 11.8 Å². The van der Waals surface area contributed by atoms with Gasteiger partial charge in [-0.2, -0.15) is 0 Å². The second-order valence-electron chi connectivity index (χ2n) is 4.39. The molecule has 2 N–H and O–H groups in total. The van der Waals surface area contributed by atoms with Gasteiger partial charge in [0.2, 0.25) is 5.91 Å². The lowest BCUT2D eigenvalue weighted by Gasteiger charge is -2.14. The van der Waals surface area contributed by atoms with Crippen molar-refractivity contribution in [3.8, 4) is 0 Å². The maximum absolute atomic E-state index is 10.9. The van der Waals surface area contributed by atoms with E-state index >= 15 is 0 Å². The van der Waals surface area contributed by atoms with Crippen LogP contribution in [0.15, 0.2) is 10.1 Å². The molecule has 98 valence electrons. The highest BCUT2D eigenvalue weighted by molar-refractivity contribution is 8.01. The van der Waals surface area contributed by atoms with Gasteiger partial charge in [0.25, 0.3) is 0 Å². The van der Waals surface area contributed by atoms with Crippen molar-refractivity contribution in [2.24, 2.45) is 5.73 Å². The Hall–Kier alpha value is -0.750. The van der Waals surface area contributed by atoms with Crippen LogP contribution in [0.25, 0.3) is 0 Å². The van der Waals surface area contributed by atoms with Crippen molar-refractivity contribution in [2.75, 3.05) is 5.75 Å². The van der Waals surface area contributed by atoms with Crippen molar-refractivity contribution in [1.82, 2.24) is 9.97 Å². The number of thioether (sulfide) groups is 2. The van der Waals surface area contributed by atoms with Crippen molar-refractivity contribution < 1.29 is 4.79 Å².